The van der Waals surface area contributed by atoms with Crippen LogP contribution in [0.15, 0.2) is 65.7 Å². The summed E-state index contributed by atoms with van der Waals surface area (Å²) in [5.41, 5.74) is 2.09. The molecule has 0 spiro atoms. The molecule has 1 aliphatic heterocycles. The Morgan fingerprint density at radius 1 is 1.06 bits per heavy atom. The molecule has 0 saturated carbocycles. The van der Waals surface area contributed by atoms with Crippen molar-refractivity contribution in [2.45, 2.75) is 23.8 Å². The van der Waals surface area contributed by atoms with Crippen molar-refractivity contribution < 1.29 is 71.0 Å². The summed E-state index contributed by atoms with van der Waals surface area (Å²) in [6.45, 7) is 0.966. The predicted octanol–water partition coefficient (Wildman–Crippen LogP) is 0.907. The minimum Gasteiger partial charge on any atom is -0.459 e. The molecule has 0 radical (unpaired) electrons. The van der Waals surface area contributed by atoms with Gasteiger partial charge in [-0.2, -0.15) is 4.31 Å². The van der Waals surface area contributed by atoms with E-state index in [0.29, 0.717) is 36.5 Å². The summed E-state index contributed by atoms with van der Waals surface area (Å²) in [5.74, 6) is 0.0528. The molecule has 1 N–H and O–H groups in total. The fraction of sp³-hybridized carbons (Fsp3) is 0.261. The first-order valence-electron chi connectivity index (χ1n) is 10.3. The Morgan fingerprint density at radius 2 is 1.70 bits per heavy atom. The molecule has 1 aromatic heterocycles. The van der Waals surface area contributed by atoms with Crippen molar-refractivity contribution >= 4 is 21.7 Å². The van der Waals surface area contributed by atoms with Gasteiger partial charge in [-0.05, 0) is 80.5 Å². The second-order valence-corrected chi connectivity index (χ2v) is 9.75. The molecule has 7 nitrogen and oxygen atoms in total. The van der Waals surface area contributed by atoms with E-state index in [-0.39, 0.29) is 68.9 Å². The van der Waals surface area contributed by atoms with Crippen LogP contribution in [0.3, 0.4) is 0 Å². The molecular weight excluding hydrogens is 515 g/mol. The standard InChI is InChI=1S/C23H25FN5O2S.Rb/c1-28(2)20-12-15-29(16-13-20)32(30,31)21-9-7-19(8-10-21)26-23-25-14-11-22(27-23)17-3-5-18(24)6-4-17;/h3-11,14,20H,1,12-13,15-16H2,2H3,(H,25,26,27);/q-1;+1. The van der Waals surface area contributed by atoms with Gasteiger partial charge in [0.1, 0.15) is 5.82 Å². The van der Waals surface area contributed by atoms with E-state index in [1.807, 2.05) is 11.9 Å². The van der Waals surface area contributed by atoms with Crippen LogP contribution in [0.1, 0.15) is 12.8 Å². The van der Waals surface area contributed by atoms with Gasteiger partial charge in [0.25, 0.3) is 0 Å². The average molecular weight is 540 g/mol. The van der Waals surface area contributed by atoms with Crippen LogP contribution in [0, 0.1) is 12.9 Å². The van der Waals surface area contributed by atoms with Crippen LogP contribution in [0.25, 0.3) is 11.3 Å². The van der Waals surface area contributed by atoms with Crippen LogP contribution >= 0.6 is 0 Å². The van der Waals surface area contributed by atoms with Crippen molar-refractivity contribution in [2.75, 3.05) is 25.5 Å². The summed E-state index contributed by atoms with van der Waals surface area (Å²) in [6, 6.07) is 14.7. The molecule has 4 rings (SSSR count). The summed E-state index contributed by atoms with van der Waals surface area (Å²) < 4.78 is 40.7. The Kier molecular flexibility index (Phi) is 9.30. The topological polar surface area (TPSA) is 78.4 Å². The van der Waals surface area contributed by atoms with Gasteiger partial charge in [0.2, 0.25) is 16.0 Å². The van der Waals surface area contributed by atoms with Gasteiger partial charge < -0.3 is 10.2 Å². The molecule has 2 heterocycles. The Bertz CT molecular complexity index is 1170. The number of nitrogens with one attached hydrogen (secondary N) is 1. The van der Waals surface area contributed by atoms with Crippen molar-refractivity contribution in [2.24, 2.45) is 0 Å². The summed E-state index contributed by atoms with van der Waals surface area (Å²) in [6.07, 6.45) is 3.14. The van der Waals surface area contributed by atoms with E-state index in [2.05, 4.69) is 22.3 Å². The number of rotatable bonds is 6. The van der Waals surface area contributed by atoms with Gasteiger partial charge in [-0.25, -0.2) is 22.8 Å². The minimum absolute atomic E-state index is 0. The fourth-order valence-electron chi connectivity index (χ4n) is 3.71. The summed E-state index contributed by atoms with van der Waals surface area (Å²) in [5, 5.41) is 3.08. The Hall–Kier alpha value is -1.07. The molecule has 0 unspecified atom stereocenters. The van der Waals surface area contributed by atoms with Gasteiger partial charge >= 0.3 is 58.2 Å². The summed E-state index contributed by atoms with van der Waals surface area (Å²) in [4.78, 5) is 10.8. The van der Waals surface area contributed by atoms with Crippen LogP contribution < -0.4 is 63.5 Å². The van der Waals surface area contributed by atoms with E-state index in [9.17, 15) is 12.8 Å². The van der Waals surface area contributed by atoms with E-state index >= 15 is 0 Å². The van der Waals surface area contributed by atoms with Crippen molar-refractivity contribution in [1.29, 1.82) is 0 Å². The molecule has 0 amide bonds. The SMILES string of the molecule is [CH2-]N(C)C1CCN(S(=O)(=O)c2ccc(Nc3nccc(-c4ccc(F)cc4)n3)cc2)CC1.[Rb+]. The monoisotopic (exact) mass is 539 g/mol. The molecule has 3 aromatic rings. The first-order valence-corrected chi connectivity index (χ1v) is 11.8. The van der Waals surface area contributed by atoms with Crippen molar-refractivity contribution in [3.8, 4) is 11.3 Å². The van der Waals surface area contributed by atoms with E-state index in [4.69, 9.17) is 0 Å². The third kappa shape index (κ3) is 6.53. The van der Waals surface area contributed by atoms with Gasteiger partial charge in [-0.15, -0.1) is 0 Å². The largest absolute Gasteiger partial charge is 1.00 e. The number of hydrogen-bond acceptors (Lipinski definition) is 6. The number of anilines is 2. The number of hydrogen-bond donors (Lipinski definition) is 1. The number of piperidine rings is 1. The molecule has 1 saturated heterocycles. The molecule has 0 bridgehead atoms. The second-order valence-electron chi connectivity index (χ2n) is 7.81. The summed E-state index contributed by atoms with van der Waals surface area (Å²) in [7, 11) is 2.28. The molecule has 10 heteroatoms. The molecule has 33 heavy (non-hydrogen) atoms. The maximum atomic E-state index is 13.2. The first-order chi connectivity index (χ1) is 15.3. The van der Waals surface area contributed by atoms with Gasteiger partial charge in [-0.1, -0.05) is 0 Å². The normalized spacial score (nSPS) is 15.3. The quantitative estimate of drug-likeness (QED) is 0.469. The molecule has 0 atom stereocenters. The Morgan fingerprint density at radius 3 is 2.30 bits per heavy atom. The first kappa shape index (κ1) is 26.5. The Labute approximate surface area is 243 Å². The smallest absolute Gasteiger partial charge is 0.459 e. The molecule has 168 valence electrons. The fourth-order valence-corrected chi connectivity index (χ4v) is 5.18. The van der Waals surface area contributed by atoms with Crippen LogP contribution in [0.5, 0.6) is 0 Å². The maximum absolute atomic E-state index is 13.2. The molecule has 1 fully saturated rings. The number of halogens is 1. The number of benzene rings is 2. The van der Waals surface area contributed by atoms with Crippen LogP contribution in [0.4, 0.5) is 16.0 Å². The van der Waals surface area contributed by atoms with Crippen molar-refractivity contribution in [3.63, 3.8) is 0 Å². The minimum atomic E-state index is -3.54. The summed E-state index contributed by atoms with van der Waals surface area (Å²) >= 11 is 0. The van der Waals surface area contributed by atoms with Gasteiger partial charge in [0.05, 0.1) is 10.6 Å². The second kappa shape index (κ2) is 11.6. The van der Waals surface area contributed by atoms with Crippen molar-refractivity contribution in [3.05, 3.63) is 73.7 Å². The van der Waals surface area contributed by atoms with Crippen LogP contribution in [-0.2, 0) is 10.0 Å². The zero-order chi connectivity index (χ0) is 22.7. The number of aromatic nitrogens is 2. The third-order valence-corrected chi connectivity index (χ3v) is 7.50. The van der Waals surface area contributed by atoms with E-state index in [1.54, 1.807) is 48.7 Å². The maximum Gasteiger partial charge on any atom is 1.00 e. The predicted molar refractivity (Wildman–Crippen MR) is 122 cm³/mol. The zero-order valence-corrected chi connectivity index (χ0v) is 24.5. The van der Waals surface area contributed by atoms with E-state index < -0.39 is 10.0 Å². The third-order valence-electron chi connectivity index (χ3n) is 5.59. The average Bonchev–Trinajstić information content (AvgIpc) is 2.80. The number of nitrogens with zero attached hydrogens (tertiary/aromatic N) is 4. The van der Waals surface area contributed by atoms with E-state index in [1.165, 1.54) is 16.4 Å². The molecule has 0 aliphatic carbocycles. The number of sulfonamides is 1. The molecular formula is C23H25FN5O2RbS. The van der Waals surface area contributed by atoms with Gasteiger partial charge in [0, 0.05) is 30.5 Å². The van der Waals surface area contributed by atoms with E-state index in [0.717, 1.165) is 18.4 Å². The van der Waals surface area contributed by atoms with Crippen LogP contribution in [0.2, 0.25) is 0 Å². The van der Waals surface area contributed by atoms with Crippen molar-refractivity contribution in [1.82, 2.24) is 19.2 Å². The van der Waals surface area contributed by atoms with Gasteiger partial charge in [0.15, 0.2) is 0 Å². The van der Waals surface area contributed by atoms with Gasteiger partial charge in [-0.3, -0.25) is 7.05 Å². The van der Waals surface area contributed by atoms with Crippen LogP contribution in [-0.4, -0.2) is 53.8 Å². The Balaban J connectivity index is 0.00000306. The zero-order valence-electron chi connectivity index (χ0n) is 18.8. The molecule has 2 aromatic carbocycles. The molecule has 1 aliphatic rings.